The molecule has 3 heteroatoms. The van der Waals surface area contributed by atoms with Gasteiger partial charge in [-0.2, -0.15) is 0 Å². The van der Waals surface area contributed by atoms with Crippen molar-refractivity contribution in [1.29, 1.82) is 0 Å². The summed E-state index contributed by atoms with van der Waals surface area (Å²) in [6.45, 7) is 7.89. The molecule has 0 aromatic carbocycles. The minimum Gasteiger partial charge on any atom is -0.385 e. The summed E-state index contributed by atoms with van der Waals surface area (Å²) in [7, 11) is 1.94. The average molecular weight is 303 g/mol. The van der Waals surface area contributed by atoms with Gasteiger partial charge in [-0.05, 0) is 44.9 Å². The fraction of sp³-hybridized carbons (Fsp3) is 0.579. The molecule has 0 aromatic heterocycles. The van der Waals surface area contributed by atoms with E-state index >= 15 is 0 Å². The standard InChI is InChI=1S/C19H33N3/c1-5-22(4)15-17(3)21-19(20)14-12-16(2)11-13-18-9-7-6-8-10-18/h5,12,14-15,18,21H,1,6-11,13,20H2,2-4H3/b16-12+,17-15-,19-14+. The summed E-state index contributed by atoms with van der Waals surface area (Å²) in [6.07, 6.45) is 17.4. The summed E-state index contributed by atoms with van der Waals surface area (Å²) in [5.41, 5.74) is 8.39. The van der Waals surface area contributed by atoms with E-state index in [1.165, 1.54) is 50.5 Å². The molecule has 0 aromatic rings. The smallest absolute Gasteiger partial charge is 0.100 e. The molecule has 3 N–H and O–H groups in total. The third-order valence-corrected chi connectivity index (χ3v) is 4.25. The maximum absolute atomic E-state index is 6.00. The van der Waals surface area contributed by atoms with Gasteiger partial charge in [-0.25, -0.2) is 0 Å². The molecule has 0 atom stereocenters. The topological polar surface area (TPSA) is 41.3 Å². The molecule has 1 aliphatic rings. The molecular weight excluding hydrogens is 270 g/mol. The Balaban J connectivity index is 2.39. The second-order valence-electron chi connectivity index (χ2n) is 6.46. The Kier molecular flexibility index (Phi) is 8.49. The van der Waals surface area contributed by atoms with Crippen molar-refractivity contribution in [1.82, 2.24) is 10.2 Å². The molecule has 0 bridgehead atoms. The number of nitrogens with zero attached hydrogens (tertiary/aromatic N) is 1. The Morgan fingerprint density at radius 3 is 2.55 bits per heavy atom. The van der Waals surface area contributed by atoms with Crippen molar-refractivity contribution in [3.05, 3.63) is 48.2 Å². The molecule has 1 rings (SSSR count). The minimum atomic E-state index is 0.670. The normalized spacial score (nSPS) is 18.2. The summed E-state index contributed by atoms with van der Waals surface area (Å²) in [4.78, 5) is 1.89. The lowest BCUT2D eigenvalue weighted by Crippen LogP contribution is -2.19. The first-order valence-corrected chi connectivity index (χ1v) is 8.44. The van der Waals surface area contributed by atoms with Gasteiger partial charge in [-0.15, -0.1) is 0 Å². The van der Waals surface area contributed by atoms with Gasteiger partial charge in [-0.3, -0.25) is 0 Å². The Bertz CT molecular complexity index is 426. The molecule has 0 aliphatic heterocycles. The van der Waals surface area contributed by atoms with Crippen molar-refractivity contribution in [2.24, 2.45) is 11.7 Å². The fourth-order valence-corrected chi connectivity index (χ4v) is 2.88. The van der Waals surface area contributed by atoms with Gasteiger partial charge >= 0.3 is 0 Å². The molecular formula is C19H33N3. The number of hydrogen-bond acceptors (Lipinski definition) is 3. The van der Waals surface area contributed by atoms with Crippen LogP contribution in [-0.2, 0) is 0 Å². The molecule has 1 saturated carbocycles. The van der Waals surface area contributed by atoms with Crippen molar-refractivity contribution in [3.8, 4) is 0 Å². The fourth-order valence-electron chi connectivity index (χ4n) is 2.88. The molecule has 0 heterocycles. The van der Waals surface area contributed by atoms with E-state index in [2.05, 4.69) is 24.9 Å². The van der Waals surface area contributed by atoms with E-state index in [4.69, 9.17) is 5.73 Å². The van der Waals surface area contributed by atoms with E-state index in [1.807, 2.05) is 31.1 Å². The van der Waals surface area contributed by atoms with Crippen LogP contribution in [0.25, 0.3) is 0 Å². The van der Waals surface area contributed by atoms with Crippen LogP contribution in [0.5, 0.6) is 0 Å². The maximum atomic E-state index is 6.00. The van der Waals surface area contributed by atoms with Crippen LogP contribution >= 0.6 is 0 Å². The van der Waals surface area contributed by atoms with E-state index in [-0.39, 0.29) is 0 Å². The molecule has 124 valence electrons. The van der Waals surface area contributed by atoms with Crippen molar-refractivity contribution in [2.45, 2.75) is 58.8 Å². The van der Waals surface area contributed by atoms with Gasteiger partial charge in [0.25, 0.3) is 0 Å². The highest BCUT2D eigenvalue weighted by molar-refractivity contribution is 5.17. The molecule has 3 nitrogen and oxygen atoms in total. The summed E-state index contributed by atoms with van der Waals surface area (Å²) in [5.74, 6) is 1.61. The lowest BCUT2D eigenvalue weighted by molar-refractivity contribution is 0.339. The Morgan fingerprint density at radius 1 is 1.23 bits per heavy atom. The summed E-state index contributed by atoms with van der Waals surface area (Å²) in [6, 6.07) is 0. The van der Waals surface area contributed by atoms with Crippen LogP contribution < -0.4 is 11.1 Å². The summed E-state index contributed by atoms with van der Waals surface area (Å²) >= 11 is 0. The second-order valence-corrected chi connectivity index (χ2v) is 6.46. The van der Waals surface area contributed by atoms with Crippen molar-refractivity contribution in [2.75, 3.05) is 7.05 Å². The van der Waals surface area contributed by atoms with E-state index in [1.54, 1.807) is 6.20 Å². The molecule has 0 saturated heterocycles. The van der Waals surface area contributed by atoms with Gasteiger partial charge < -0.3 is 16.0 Å². The first-order valence-electron chi connectivity index (χ1n) is 8.44. The van der Waals surface area contributed by atoms with E-state index < -0.39 is 0 Å². The van der Waals surface area contributed by atoms with Crippen molar-refractivity contribution < 1.29 is 0 Å². The first kappa shape index (κ1) is 18.4. The molecule has 0 unspecified atom stereocenters. The Hall–Kier alpha value is -1.64. The average Bonchev–Trinajstić information content (AvgIpc) is 2.51. The molecule has 0 spiro atoms. The van der Waals surface area contributed by atoms with Gasteiger partial charge in [0.05, 0.1) is 0 Å². The predicted molar refractivity (Wildman–Crippen MR) is 96.7 cm³/mol. The zero-order valence-electron chi connectivity index (χ0n) is 14.6. The van der Waals surface area contributed by atoms with Crippen LogP contribution in [0.2, 0.25) is 0 Å². The predicted octanol–water partition coefficient (Wildman–Crippen LogP) is 4.62. The van der Waals surface area contributed by atoms with Crippen LogP contribution in [-0.4, -0.2) is 11.9 Å². The van der Waals surface area contributed by atoms with Gasteiger partial charge in [0.1, 0.15) is 5.82 Å². The van der Waals surface area contributed by atoms with Crippen molar-refractivity contribution in [3.63, 3.8) is 0 Å². The highest BCUT2D eigenvalue weighted by Gasteiger charge is 2.12. The number of hydrogen-bond donors (Lipinski definition) is 2. The zero-order valence-corrected chi connectivity index (χ0v) is 14.6. The molecule has 22 heavy (non-hydrogen) atoms. The molecule has 0 radical (unpaired) electrons. The Morgan fingerprint density at radius 2 is 1.91 bits per heavy atom. The molecule has 0 amide bonds. The van der Waals surface area contributed by atoms with Gasteiger partial charge in [0.2, 0.25) is 0 Å². The van der Waals surface area contributed by atoms with Crippen molar-refractivity contribution >= 4 is 0 Å². The van der Waals surface area contributed by atoms with Gasteiger partial charge in [-0.1, -0.05) is 50.3 Å². The molecule has 1 fully saturated rings. The highest BCUT2D eigenvalue weighted by Crippen LogP contribution is 2.28. The first-order chi connectivity index (χ1) is 10.5. The summed E-state index contributed by atoms with van der Waals surface area (Å²) < 4.78 is 0. The van der Waals surface area contributed by atoms with Crippen LogP contribution in [0.4, 0.5) is 0 Å². The largest absolute Gasteiger partial charge is 0.385 e. The van der Waals surface area contributed by atoms with Crippen LogP contribution in [0.1, 0.15) is 58.8 Å². The molecule has 1 aliphatic carbocycles. The monoisotopic (exact) mass is 303 g/mol. The lowest BCUT2D eigenvalue weighted by atomic mass is 9.85. The minimum absolute atomic E-state index is 0.670. The highest BCUT2D eigenvalue weighted by atomic mass is 15.1. The lowest BCUT2D eigenvalue weighted by Gasteiger charge is -2.21. The number of nitrogens with one attached hydrogen (secondary N) is 1. The van der Waals surface area contributed by atoms with Crippen LogP contribution in [0.3, 0.4) is 0 Å². The third kappa shape index (κ3) is 7.96. The van der Waals surface area contributed by atoms with E-state index in [0.717, 1.165) is 11.6 Å². The second kappa shape index (κ2) is 10.1. The van der Waals surface area contributed by atoms with E-state index in [0.29, 0.717) is 5.82 Å². The van der Waals surface area contributed by atoms with E-state index in [9.17, 15) is 0 Å². The number of allylic oxidation sites excluding steroid dienone is 4. The third-order valence-electron chi connectivity index (χ3n) is 4.25. The summed E-state index contributed by atoms with van der Waals surface area (Å²) in [5, 5.41) is 3.17. The zero-order chi connectivity index (χ0) is 16.4. The van der Waals surface area contributed by atoms with Gasteiger partial charge in [0, 0.05) is 18.9 Å². The van der Waals surface area contributed by atoms with Crippen LogP contribution in [0, 0.1) is 5.92 Å². The number of rotatable bonds is 8. The maximum Gasteiger partial charge on any atom is 0.100 e. The van der Waals surface area contributed by atoms with Gasteiger partial charge in [0.15, 0.2) is 0 Å². The number of nitrogens with two attached hydrogens (primary N) is 1. The van der Waals surface area contributed by atoms with Crippen LogP contribution in [0.15, 0.2) is 48.2 Å². The quantitative estimate of drug-likeness (QED) is 0.643. The Labute approximate surface area is 136 Å². The SMILES string of the molecule is C=CN(C)/C=C(/C)N/C(N)=C/C=C(\C)CCC1CCCCC1.